The van der Waals surface area contributed by atoms with E-state index in [1.807, 2.05) is 31.2 Å². The van der Waals surface area contributed by atoms with E-state index < -0.39 is 35.9 Å². The van der Waals surface area contributed by atoms with E-state index in [-0.39, 0.29) is 17.9 Å². The second kappa shape index (κ2) is 10.00. The largest absolute Gasteiger partial charge is 0.488 e. The molecule has 3 rings (SSSR count). The van der Waals surface area contributed by atoms with Gasteiger partial charge in [-0.2, -0.15) is 13.2 Å². The molecule has 1 N–H and O–H groups in total. The number of benzene rings is 3. The molecule has 0 aliphatic carbocycles. The van der Waals surface area contributed by atoms with Gasteiger partial charge in [0.1, 0.15) is 17.9 Å². The molecule has 3 aromatic carbocycles. The van der Waals surface area contributed by atoms with E-state index in [4.69, 9.17) is 9.47 Å². The van der Waals surface area contributed by atoms with Crippen molar-refractivity contribution in [3.8, 4) is 5.75 Å². The van der Waals surface area contributed by atoms with Crippen LogP contribution in [0.15, 0.2) is 72.8 Å². The van der Waals surface area contributed by atoms with Crippen LogP contribution in [-0.2, 0) is 22.3 Å². The molecule has 0 aliphatic heterocycles. The van der Waals surface area contributed by atoms with E-state index in [1.54, 1.807) is 18.2 Å². The number of hydrogen-bond donors (Lipinski definition) is 1. The molecule has 32 heavy (non-hydrogen) atoms. The number of esters is 1. The van der Waals surface area contributed by atoms with Gasteiger partial charge in [-0.3, -0.25) is 4.79 Å². The Bertz CT molecular complexity index is 1110. The Balaban J connectivity index is 1.62. The van der Waals surface area contributed by atoms with E-state index in [1.165, 1.54) is 18.2 Å². The molecule has 8 heteroatoms. The maximum absolute atomic E-state index is 13.0. The van der Waals surface area contributed by atoms with Crippen molar-refractivity contribution in [1.29, 1.82) is 0 Å². The van der Waals surface area contributed by atoms with E-state index in [9.17, 15) is 22.8 Å². The predicted molar refractivity (Wildman–Crippen MR) is 112 cm³/mol. The Hall–Kier alpha value is -3.81. The van der Waals surface area contributed by atoms with Crippen molar-refractivity contribution in [3.05, 3.63) is 95.1 Å². The summed E-state index contributed by atoms with van der Waals surface area (Å²) in [7, 11) is 0. The van der Waals surface area contributed by atoms with Crippen LogP contribution in [0.25, 0.3) is 0 Å². The summed E-state index contributed by atoms with van der Waals surface area (Å²) >= 11 is 0. The van der Waals surface area contributed by atoms with Crippen molar-refractivity contribution in [2.75, 3.05) is 11.9 Å². The molecular formula is C24H20F3NO4. The molecule has 0 saturated carbocycles. The lowest BCUT2D eigenvalue weighted by Crippen LogP contribution is -2.23. The molecule has 5 nitrogen and oxygen atoms in total. The fraction of sp³-hybridized carbons (Fsp3) is 0.167. The van der Waals surface area contributed by atoms with Gasteiger partial charge in [0.2, 0.25) is 0 Å². The quantitative estimate of drug-likeness (QED) is 0.498. The molecular weight excluding hydrogens is 423 g/mol. The van der Waals surface area contributed by atoms with Crippen molar-refractivity contribution in [2.45, 2.75) is 19.7 Å². The van der Waals surface area contributed by atoms with E-state index in [2.05, 4.69) is 5.32 Å². The molecule has 0 saturated heterocycles. The topological polar surface area (TPSA) is 64.6 Å². The minimum Gasteiger partial charge on any atom is -0.488 e. The fourth-order valence-electron chi connectivity index (χ4n) is 2.92. The average Bonchev–Trinajstić information content (AvgIpc) is 2.77. The molecule has 0 aliphatic rings. The summed E-state index contributed by atoms with van der Waals surface area (Å²) < 4.78 is 49.9. The molecule has 0 unspecified atom stereocenters. The first-order valence-corrected chi connectivity index (χ1v) is 9.65. The Labute approximate surface area is 182 Å². The van der Waals surface area contributed by atoms with Crippen LogP contribution in [-0.4, -0.2) is 18.5 Å². The summed E-state index contributed by atoms with van der Waals surface area (Å²) in [4.78, 5) is 24.5. The van der Waals surface area contributed by atoms with E-state index >= 15 is 0 Å². The summed E-state index contributed by atoms with van der Waals surface area (Å²) in [5.74, 6) is -1.46. The van der Waals surface area contributed by atoms with Crippen molar-refractivity contribution in [2.24, 2.45) is 0 Å². The summed E-state index contributed by atoms with van der Waals surface area (Å²) in [5, 5.41) is 2.12. The number of alkyl halides is 3. The third kappa shape index (κ3) is 5.87. The number of para-hydroxylation sites is 2. The van der Waals surface area contributed by atoms with Gasteiger partial charge in [-0.05, 0) is 42.3 Å². The van der Waals surface area contributed by atoms with Gasteiger partial charge in [0.05, 0.1) is 11.3 Å². The molecule has 0 fully saturated rings. The van der Waals surface area contributed by atoms with Crippen LogP contribution in [0, 0.1) is 6.92 Å². The van der Waals surface area contributed by atoms with Crippen LogP contribution < -0.4 is 10.1 Å². The van der Waals surface area contributed by atoms with Crippen LogP contribution in [0.2, 0.25) is 0 Å². The Morgan fingerprint density at radius 1 is 0.906 bits per heavy atom. The number of halogens is 3. The van der Waals surface area contributed by atoms with Gasteiger partial charge in [0.25, 0.3) is 5.91 Å². The van der Waals surface area contributed by atoms with Crippen molar-refractivity contribution < 1.29 is 32.2 Å². The van der Waals surface area contributed by atoms with Gasteiger partial charge in [0, 0.05) is 0 Å². The number of ether oxygens (including phenoxy) is 2. The number of hydrogen-bond acceptors (Lipinski definition) is 4. The molecule has 166 valence electrons. The molecule has 0 bridgehead atoms. The number of anilines is 1. The number of amides is 1. The lowest BCUT2D eigenvalue weighted by molar-refractivity contribution is -0.137. The predicted octanol–water partition coefficient (Wildman–Crippen LogP) is 5.39. The molecule has 0 heterocycles. The summed E-state index contributed by atoms with van der Waals surface area (Å²) in [6.07, 6.45) is -4.63. The Morgan fingerprint density at radius 2 is 1.56 bits per heavy atom. The van der Waals surface area contributed by atoms with Crippen LogP contribution in [0.4, 0.5) is 18.9 Å². The minimum atomic E-state index is -4.63. The number of rotatable bonds is 7. The minimum absolute atomic E-state index is 0.101. The standard InChI is InChI=1S/C24H20F3NO4/c1-16-8-2-3-9-17(16)14-31-21-13-7-4-10-18(21)23(30)32-15-22(29)28-20-12-6-5-11-19(20)24(25,26)27/h2-13H,14-15H2,1H3,(H,28,29). The number of aryl methyl sites for hydroxylation is 1. The number of carbonyl (C=O) groups is 2. The maximum Gasteiger partial charge on any atom is 0.418 e. The highest BCUT2D eigenvalue weighted by Crippen LogP contribution is 2.34. The molecule has 0 atom stereocenters. The first kappa shape index (κ1) is 22.9. The molecule has 1 amide bonds. The number of carbonyl (C=O) groups excluding carboxylic acids is 2. The molecule has 3 aromatic rings. The Morgan fingerprint density at radius 3 is 2.31 bits per heavy atom. The summed E-state index contributed by atoms with van der Waals surface area (Å²) in [6, 6.07) is 18.5. The first-order valence-electron chi connectivity index (χ1n) is 9.65. The van der Waals surface area contributed by atoms with Crippen LogP contribution in [0.1, 0.15) is 27.0 Å². The smallest absolute Gasteiger partial charge is 0.418 e. The van der Waals surface area contributed by atoms with Gasteiger partial charge in [0.15, 0.2) is 6.61 Å². The van der Waals surface area contributed by atoms with Crippen LogP contribution in [0.3, 0.4) is 0 Å². The van der Waals surface area contributed by atoms with Gasteiger partial charge >= 0.3 is 12.1 Å². The fourth-order valence-corrected chi connectivity index (χ4v) is 2.92. The SMILES string of the molecule is Cc1ccccc1COc1ccccc1C(=O)OCC(=O)Nc1ccccc1C(F)(F)F. The third-order valence-corrected chi connectivity index (χ3v) is 4.59. The third-order valence-electron chi connectivity index (χ3n) is 4.59. The van der Waals surface area contributed by atoms with Crippen LogP contribution >= 0.6 is 0 Å². The monoisotopic (exact) mass is 443 g/mol. The lowest BCUT2D eigenvalue weighted by Gasteiger charge is -2.14. The second-order valence-corrected chi connectivity index (χ2v) is 6.88. The zero-order valence-corrected chi connectivity index (χ0v) is 17.1. The van der Waals surface area contributed by atoms with Crippen molar-refractivity contribution in [3.63, 3.8) is 0 Å². The zero-order chi connectivity index (χ0) is 23.1. The van der Waals surface area contributed by atoms with Crippen molar-refractivity contribution in [1.82, 2.24) is 0 Å². The van der Waals surface area contributed by atoms with E-state index in [0.29, 0.717) is 0 Å². The van der Waals surface area contributed by atoms with Crippen molar-refractivity contribution >= 4 is 17.6 Å². The van der Waals surface area contributed by atoms with Gasteiger partial charge in [-0.15, -0.1) is 0 Å². The van der Waals surface area contributed by atoms with Gasteiger partial charge in [-0.25, -0.2) is 4.79 Å². The first-order chi connectivity index (χ1) is 15.3. The molecule has 0 spiro atoms. The maximum atomic E-state index is 13.0. The second-order valence-electron chi connectivity index (χ2n) is 6.88. The Kier molecular flexibility index (Phi) is 7.14. The highest BCUT2D eigenvalue weighted by molar-refractivity contribution is 5.97. The van der Waals surface area contributed by atoms with Gasteiger partial charge in [-0.1, -0.05) is 48.5 Å². The molecule has 0 radical (unpaired) electrons. The summed E-state index contributed by atoms with van der Waals surface area (Å²) in [5.41, 5.74) is 0.670. The molecule has 0 aromatic heterocycles. The normalized spacial score (nSPS) is 11.0. The highest BCUT2D eigenvalue weighted by Gasteiger charge is 2.33. The number of nitrogens with one attached hydrogen (secondary N) is 1. The summed E-state index contributed by atoms with van der Waals surface area (Å²) in [6.45, 7) is 1.41. The van der Waals surface area contributed by atoms with Gasteiger partial charge < -0.3 is 14.8 Å². The zero-order valence-electron chi connectivity index (χ0n) is 17.1. The highest BCUT2D eigenvalue weighted by atomic mass is 19.4. The average molecular weight is 443 g/mol. The van der Waals surface area contributed by atoms with E-state index in [0.717, 1.165) is 23.3 Å². The lowest BCUT2D eigenvalue weighted by atomic mass is 10.1. The van der Waals surface area contributed by atoms with Crippen LogP contribution in [0.5, 0.6) is 5.75 Å².